The first-order valence-electron chi connectivity index (χ1n) is 9.18. The first-order valence-corrected chi connectivity index (χ1v) is 11.4. The van der Waals surface area contributed by atoms with E-state index in [-0.39, 0.29) is 18.6 Å². The van der Waals surface area contributed by atoms with Crippen LogP contribution in [-0.4, -0.2) is 59.3 Å². The van der Waals surface area contributed by atoms with Crippen molar-refractivity contribution in [3.63, 3.8) is 0 Å². The van der Waals surface area contributed by atoms with E-state index in [9.17, 15) is 9.59 Å². The third-order valence-electron chi connectivity index (χ3n) is 4.62. The number of benzene rings is 2. The smallest absolute Gasteiger partial charge is 0.400 e. The maximum Gasteiger partial charge on any atom is 0.400 e. The minimum atomic E-state index is -1.40. The van der Waals surface area contributed by atoms with Gasteiger partial charge in [-0.1, -0.05) is 23.7 Å². The van der Waals surface area contributed by atoms with Crippen molar-refractivity contribution in [3.05, 3.63) is 59.1 Å². The van der Waals surface area contributed by atoms with E-state index in [4.69, 9.17) is 20.8 Å². The summed E-state index contributed by atoms with van der Waals surface area (Å²) < 4.78 is 10.7. The largest absolute Gasteiger partial charge is 0.498 e. The molecule has 2 aromatic carbocycles. The van der Waals surface area contributed by atoms with Gasteiger partial charge in [-0.2, -0.15) is 0 Å². The van der Waals surface area contributed by atoms with E-state index in [0.717, 1.165) is 16.9 Å². The zero-order valence-corrected chi connectivity index (χ0v) is 17.3. The lowest BCUT2D eigenvalue weighted by Crippen LogP contribution is -2.41. The van der Waals surface area contributed by atoms with Crippen molar-refractivity contribution in [3.8, 4) is 0 Å². The second-order valence-electron chi connectivity index (χ2n) is 6.63. The standard InChI is InChI=1S/C20H19ClN3O4Si/c21-16-3-1-15(2-4-16)11-22-13-29-14-24(20(26)28-29)18-7-5-17(6-8-18)23-9-10-27-12-19(23)25/h1-8,11H,9-10,12-14H2/b22-11+. The molecule has 2 saturated heterocycles. The molecule has 29 heavy (non-hydrogen) atoms. The summed E-state index contributed by atoms with van der Waals surface area (Å²) in [5, 5.41) is 0.679. The van der Waals surface area contributed by atoms with E-state index in [0.29, 0.717) is 30.5 Å². The molecule has 2 aliphatic rings. The zero-order chi connectivity index (χ0) is 20.2. The fourth-order valence-electron chi connectivity index (χ4n) is 3.14. The monoisotopic (exact) mass is 428 g/mol. The maximum absolute atomic E-state index is 12.3. The quantitative estimate of drug-likeness (QED) is 0.542. The number of ether oxygens (including phenoxy) is 1. The fraction of sp³-hybridized carbons (Fsp3) is 0.250. The van der Waals surface area contributed by atoms with Crippen molar-refractivity contribution in [2.45, 2.75) is 0 Å². The van der Waals surface area contributed by atoms with E-state index in [2.05, 4.69) is 4.99 Å². The van der Waals surface area contributed by atoms with Gasteiger partial charge in [0.05, 0.1) is 18.9 Å². The van der Waals surface area contributed by atoms with E-state index in [1.165, 1.54) is 0 Å². The molecule has 0 unspecified atom stereocenters. The molecule has 0 atom stereocenters. The predicted octanol–water partition coefficient (Wildman–Crippen LogP) is 2.85. The summed E-state index contributed by atoms with van der Waals surface area (Å²) in [5.41, 5.74) is 2.50. The number of morpholine rings is 1. The summed E-state index contributed by atoms with van der Waals surface area (Å²) in [5.74, 6) is -0.0615. The number of hydrogen-bond donors (Lipinski definition) is 0. The molecule has 0 aromatic heterocycles. The van der Waals surface area contributed by atoms with Gasteiger partial charge in [-0.25, -0.2) is 4.79 Å². The minimum Gasteiger partial charge on any atom is -0.498 e. The van der Waals surface area contributed by atoms with Crippen LogP contribution in [0, 0.1) is 0 Å². The van der Waals surface area contributed by atoms with Crippen LogP contribution in [0.4, 0.5) is 16.2 Å². The Morgan fingerprint density at radius 1 is 1.03 bits per heavy atom. The topological polar surface area (TPSA) is 71.4 Å². The highest BCUT2D eigenvalue weighted by atomic mass is 35.5. The Kier molecular flexibility index (Phi) is 5.93. The summed E-state index contributed by atoms with van der Waals surface area (Å²) in [4.78, 5) is 32.0. The van der Waals surface area contributed by atoms with Crippen molar-refractivity contribution in [2.75, 3.05) is 41.9 Å². The molecule has 1 radical (unpaired) electrons. The lowest BCUT2D eigenvalue weighted by atomic mass is 10.2. The van der Waals surface area contributed by atoms with Crippen LogP contribution in [-0.2, 0) is 14.0 Å². The van der Waals surface area contributed by atoms with Crippen LogP contribution in [0.2, 0.25) is 5.02 Å². The second kappa shape index (κ2) is 8.77. The van der Waals surface area contributed by atoms with Gasteiger partial charge in [0.2, 0.25) is 0 Å². The van der Waals surface area contributed by atoms with Gasteiger partial charge >= 0.3 is 15.1 Å². The Bertz CT molecular complexity index is 920. The van der Waals surface area contributed by atoms with Gasteiger partial charge in [-0.15, -0.1) is 0 Å². The molecule has 0 N–H and O–H groups in total. The van der Waals surface area contributed by atoms with Crippen LogP contribution in [0.1, 0.15) is 5.56 Å². The molecular weight excluding hydrogens is 410 g/mol. The Morgan fingerprint density at radius 2 is 1.72 bits per heavy atom. The summed E-state index contributed by atoms with van der Waals surface area (Å²) in [6.45, 7) is 1.15. The fourth-order valence-corrected chi connectivity index (χ4v) is 4.81. The normalized spacial score (nSPS) is 18.0. The third-order valence-corrected chi connectivity index (χ3v) is 6.54. The molecule has 9 heteroatoms. The van der Waals surface area contributed by atoms with Gasteiger partial charge in [-0.3, -0.25) is 14.7 Å². The highest BCUT2D eigenvalue weighted by molar-refractivity contribution is 6.58. The van der Waals surface area contributed by atoms with Crippen LogP contribution in [0.5, 0.6) is 0 Å². The number of rotatable bonds is 5. The summed E-state index contributed by atoms with van der Waals surface area (Å²) >= 11 is 5.87. The molecular formula is C20H19ClN3O4Si. The number of aliphatic imine (C=N–C) groups is 1. The number of carbonyl (C=O) groups is 2. The molecule has 2 heterocycles. The van der Waals surface area contributed by atoms with Gasteiger partial charge in [0.1, 0.15) is 6.61 Å². The highest BCUT2D eigenvalue weighted by Gasteiger charge is 2.35. The molecule has 4 rings (SSSR count). The number of nitrogens with zero attached hydrogens (tertiary/aromatic N) is 3. The number of amides is 2. The van der Waals surface area contributed by atoms with Gasteiger partial charge < -0.3 is 14.1 Å². The van der Waals surface area contributed by atoms with Crippen molar-refractivity contribution >= 4 is 50.2 Å². The summed E-state index contributed by atoms with van der Waals surface area (Å²) in [7, 11) is -1.40. The van der Waals surface area contributed by atoms with Crippen molar-refractivity contribution < 1.29 is 18.8 Å². The van der Waals surface area contributed by atoms with E-state index < -0.39 is 9.04 Å². The molecule has 7 nitrogen and oxygen atoms in total. The molecule has 2 fully saturated rings. The molecule has 2 aliphatic heterocycles. The third kappa shape index (κ3) is 4.67. The van der Waals surface area contributed by atoms with Crippen LogP contribution >= 0.6 is 11.6 Å². The van der Waals surface area contributed by atoms with Crippen molar-refractivity contribution in [2.24, 2.45) is 4.99 Å². The lowest BCUT2D eigenvalue weighted by Gasteiger charge is -2.27. The Hall–Kier alpha value is -2.68. The molecule has 0 saturated carbocycles. The summed E-state index contributed by atoms with van der Waals surface area (Å²) in [6.07, 6.45) is 2.42. The molecule has 0 aliphatic carbocycles. The van der Waals surface area contributed by atoms with E-state index >= 15 is 0 Å². The second-order valence-corrected chi connectivity index (χ2v) is 8.98. The maximum atomic E-state index is 12.3. The minimum absolute atomic E-state index is 0.0615. The van der Waals surface area contributed by atoms with Gasteiger partial charge in [0, 0.05) is 29.2 Å². The SMILES string of the molecule is O=C1COCCN1c1ccc(N2C[Si](C/N=C/c3ccc(Cl)cc3)OC2=O)cc1. The number of hydrogen-bond acceptors (Lipinski definition) is 5. The molecule has 0 bridgehead atoms. The average Bonchev–Trinajstić information content (AvgIpc) is 3.10. The first kappa shape index (κ1) is 19.6. The zero-order valence-electron chi connectivity index (χ0n) is 15.6. The highest BCUT2D eigenvalue weighted by Crippen LogP contribution is 2.25. The first-order chi connectivity index (χ1) is 14.1. The van der Waals surface area contributed by atoms with Gasteiger partial charge in [0.15, 0.2) is 0 Å². The lowest BCUT2D eigenvalue weighted by molar-refractivity contribution is -0.125. The molecule has 2 aromatic rings. The van der Waals surface area contributed by atoms with E-state index in [1.54, 1.807) is 16.0 Å². The number of halogens is 1. The number of anilines is 2. The Balaban J connectivity index is 1.36. The van der Waals surface area contributed by atoms with Crippen LogP contribution in [0.3, 0.4) is 0 Å². The van der Waals surface area contributed by atoms with E-state index in [1.807, 2.05) is 48.5 Å². The molecule has 2 amide bonds. The number of carbonyl (C=O) groups excluding carboxylic acids is 2. The predicted molar refractivity (Wildman–Crippen MR) is 113 cm³/mol. The molecule has 149 valence electrons. The average molecular weight is 429 g/mol. The van der Waals surface area contributed by atoms with Crippen molar-refractivity contribution in [1.82, 2.24) is 0 Å². The van der Waals surface area contributed by atoms with Gasteiger partial charge in [-0.05, 0) is 42.0 Å². The van der Waals surface area contributed by atoms with Crippen LogP contribution in [0.25, 0.3) is 0 Å². The van der Waals surface area contributed by atoms with Crippen LogP contribution in [0.15, 0.2) is 53.5 Å². The van der Waals surface area contributed by atoms with Crippen molar-refractivity contribution in [1.29, 1.82) is 0 Å². The summed E-state index contributed by atoms with van der Waals surface area (Å²) in [6, 6.07) is 14.7. The Morgan fingerprint density at radius 3 is 2.41 bits per heavy atom. The van der Waals surface area contributed by atoms with Crippen LogP contribution < -0.4 is 9.80 Å². The van der Waals surface area contributed by atoms with Gasteiger partial charge in [0.25, 0.3) is 5.91 Å². The molecule has 0 spiro atoms. The Labute approximate surface area is 175 Å².